The minimum Gasteiger partial charge on any atom is -0.502 e. The highest BCUT2D eigenvalue weighted by molar-refractivity contribution is 5.98. The van der Waals surface area contributed by atoms with E-state index in [9.17, 15) is 9.18 Å². The summed E-state index contributed by atoms with van der Waals surface area (Å²) in [6.45, 7) is 0.343. The fraction of sp³-hybridized carbons (Fsp3) is 0.231. The van der Waals surface area contributed by atoms with Crippen molar-refractivity contribution in [1.29, 1.82) is 0 Å². The topological polar surface area (TPSA) is 117 Å². The van der Waals surface area contributed by atoms with Gasteiger partial charge < -0.3 is 15.9 Å². The van der Waals surface area contributed by atoms with Gasteiger partial charge in [0.2, 0.25) is 5.76 Å². The lowest BCUT2D eigenvalue weighted by molar-refractivity contribution is -0.135. The number of halogens is 1. The molecule has 114 valence electrons. The van der Waals surface area contributed by atoms with Gasteiger partial charge in [-0.1, -0.05) is 12.1 Å². The average molecular weight is 297 g/mol. The molecule has 0 atom stereocenters. The Labute approximate surface area is 120 Å². The summed E-state index contributed by atoms with van der Waals surface area (Å²) in [6, 6.07) is 6.06. The zero-order valence-electron chi connectivity index (χ0n) is 11.1. The second-order valence-electron chi connectivity index (χ2n) is 3.95. The maximum absolute atomic E-state index is 12.7. The number of aliphatic imine (C=N–C) groups is 1. The highest BCUT2D eigenvalue weighted by Gasteiger charge is 2.03. The number of aliphatic hydroxyl groups is 1. The number of aliphatic hydroxyl groups excluding tert-OH is 1. The molecule has 0 heterocycles. The summed E-state index contributed by atoms with van der Waals surface area (Å²) < 4.78 is 12.7. The van der Waals surface area contributed by atoms with Gasteiger partial charge in [0.1, 0.15) is 18.3 Å². The third-order valence-corrected chi connectivity index (χ3v) is 2.34. The average Bonchev–Trinajstić information content (AvgIpc) is 2.44. The molecular weight excluding hydrogens is 281 g/mol. The van der Waals surface area contributed by atoms with Crippen molar-refractivity contribution in [3.8, 4) is 0 Å². The van der Waals surface area contributed by atoms with Crippen LogP contribution < -0.4 is 11.2 Å². The maximum atomic E-state index is 12.7. The molecule has 0 saturated carbocycles. The van der Waals surface area contributed by atoms with Crippen LogP contribution in [0.4, 0.5) is 4.39 Å². The van der Waals surface area contributed by atoms with E-state index in [1.165, 1.54) is 12.1 Å². The maximum Gasteiger partial charge on any atom is 0.371 e. The van der Waals surface area contributed by atoms with Crippen LogP contribution in [0, 0.1) is 5.82 Å². The van der Waals surface area contributed by atoms with Gasteiger partial charge in [-0.3, -0.25) is 9.83 Å². The minimum atomic E-state index is -1.49. The number of benzene rings is 1. The molecule has 0 bridgehead atoms. The Hall–Kier alpha value is -2.45. The number of rotatable bonds is 8. The van der Waals surface area contributed by atoms with Crippen molar-refractivity contribution in [2.45, 2.75) is 6.42 Å². The summed E-state index contributed by atoms with van der Waals surface area (Å²) in [6.07, 6.45) is 1.41. The Morgan fingerprint density at radius 2 is 2.05 bits per heavy atom. The van der Waals surface area contributed by atoms with Gasteiger partial charge in [0.25, 0.3) is 0 Å². The molecule has 21 heavy (non-hydrogen) atoms. The molecule has 1 aromatic rings. The molecule has 0 unspecified atom stereocenters. The van der Waals surface area contributed by atoms with Gasteiger partial charge in [-0.25, -0.2) is 9.18 Å². The van der Waals surface area contributed by atoms with Crippen molar-refractivity contribution < 1.29 is 24.2 Å². The number of hydroxylamine groups is 1. The van der Waals surface area contributed by atoms with E-state index in [1.54, 1.807) is 12.1 Å². The van der Waals surface area contributed by atoms with Crippen LogP contribution in [0.15, 0.2) is 41.1 Å². The number of hydrogen-bond acceptors (Lipinski definition) is 5. The smallest absolute Gasteiger partial charge is 0.371 e. The quantitative estimate of drug-likeness (QED) is 0.140. The Morgan fingerprint density at radius 1 is 1.38 bits per heavy atom. The number of aliphatic carboxylic acids is 1. The van der Waals surface area contributed by atoms with Crippen molar-refractivity contribution in [2.24, 2.45) is 10.7 Å². The molecule has 1 aromatic carbocycles. The van der Waals surface area contributed by atoms with Crippen molar-refractivity contribution >= 4 is 11.8 Å². The van der Waals surface area contributed by atoms with E-state index in [4.69, 9.17) is 20.8 Å². The Morgan fingerprint density at radius 3 is 2.67 bits per heavy atom. The molecule has 5 N–H and O–H groups in total. The lowest BCUT2D eigenvalue weighted by Gasteiger charge is -2.04. The standard InChI is InChI=1S/C13H16FN3O4/c14-10-3-1-9(2-4-10)5-6-21-17-8-16-12(15)7-11(18)13(19)20/h1-4,7,17-18H,5-6,8H2,(H2,15,16)(H,19,20). The zero-order chi connectivity index (χ0) is 15.7. The van der Waals surface area contributed by atoms with E-state index in [1.807, 2.05) is 0 Å². The fourth-order valence-corrected chi connectivity index (χ4v) is 1.31. The van der Waals surface area contributed by atoms with Gasteiger partial charge in [0, 0.05) is 6.08 Å². The van der Waals surface area contributed by atoms with Crippen LogP contribution in [0.5, 0.6) is 0 Å². The first-order chi connectivity index (χ1) is 9.99. The van der Waals surface area contributed by atoms with Crippen molar-refractivity contribution in [3.05, 3.63) is 47.5 Å². The van der Waals surface area contributed by atoms with Crippen molar-refractivity contribution in [1.82, 2.24) is 5.48 Å². The van der Waals surface area contributed by atoms with Crippen LogP contribution in [0.1, 0.15) is 5.56 Å². The van der Waals surface area contributed by atoms with Gasteiger partial charge in [0.05, 0.1) is 6.61 Å². The van der Waals surface area contributed by atoms with E-state index in [2.05, 4.69) is 10.5 Å². The number of amidine groups is 1. The summed E-state index contributed by atoms with van der Waals surface area (Å²) >= 11 is 0. The monoisotopic (exact) mass is 297 g/mol. The number of carbonyl (C=O) groups is 1. The van der Waals surface area contributed by atoms with E-state index in [-0.39, 0.29) is 18.3 Å². The van der Waals surface area contributed by atoms with Crippen LogP contribution in [-0.2, 0) is 16.1 Å². The van der Waals surface area contributed by atoms with Gasteiger partial charge in [-0.2, -0.15) is 5.48 Å². The molecule has 8 heteroatoms. The van der Waals surface area contributed by atoms with Crippen LogP contribution in [-0.4, -0.2) is 35.3 Å². The first-order valence-electron chi connectivity index (χ1n) is 6.02. The van der Waals surface area contributed by atoms with E-state index in [0.717, 1.165) is 11.6 Å². The van der Waals surface area contributed by atoms with Gasteiger partial charge in [-0.05, 0) is 24.1 Å². The lowest BCUT2D eigenvalue weighted by atomic mass is 10.2. The van der Waals surface area contributed by atoms with E-state index >= 15 is 0 Å². The lowest BCUT2D eigenvalue weighted by Crippen LogP contribution is -2.20. The van der Waals surface area contributed by atoms with Gasteiger partial charge >= 0.3 is 5.97 Å². The number of nitrogens with zero attached hydrogens (tertiary/aromatic N) is 1. The second-order valence-corrected chi connectivity index (χ2v) is 3.95. The van der Waals surface area contributed by atoms with Gasteiger partial charge in [0.15, 0.2) is 0 Å². The molecule has 0 amide bonds. The predicted octanol–water partition coefficient (Wildman–Crippen LogP) is 0.731. The van der Waals surface area contributed by atoms with Crippen molar-refractivity contribution in [3.63, 3.8) is 0 Å². The summed E-state index contributed by atoms with van der Waals surface area (Å²) in [5.41, 5.74) is 8.78. The molecule has 0 spiro atoms. The summed E-state index contributed by atoms with van der Waals surface area (Å²) in [5.74, 6) is -2.82. The summed E-state index contributed by atoms with van der Waals surface area (Å²) in [7, 11) is 0. The molecular formula is C13H16FN3O4. The number of nitrogens with one attached hydrogen (secondary N) is 1. The normalized spacial score (nSPS) is 12.4. The zero-order valence-corrected chi connectivity index (χ0v) is 11.1. The first kappa shape index (κ1) is 16.6. The SMILES string of the molecule is NC(C=C(O)C(=O)O)=NCNOCCc1ccc(F)cc1. The van der Waals surface area contributed by atoms with E-state index in [0.29, 0.717) is 13.0 Å². The summed E-state index contributed by atoms with van der Waals surface area (Å²) in [4.78, 5) is 19.1. The third kappa shape index (κ3) is 7.04. The molecule has 0 radical (unpaired) electrons. The number of nitrogens with two attached hydrogens (primary N) is 1. The highest BCUT2D eigenvalue weighted by atomic mass is 19.1. The third-order valence-electron chi connectivity index (χ3n) is 2.34. The molecule has 0 aliphatic heterocycles. The molecule has 0 aliphatic rings. The molecule has 0 aliphatic carbocycles. The Bertz CT molecular complexity index is 529. The number of carboxylic acids is 1. The fourth-order valence-electron chi connectivity index (χ4n) is 1.31. The Kier molecular flexibility index (Phi) is 6.85. The largest absolute Gasteiger partial charge is 0.502 e. The van der Waals surface area contributed by atoms with Crippen LogP contribution in [0.3, 0.4) is 0 Å². The molecule has 0 fully saturated rings. The Balaban J connectivity index is 2.21. The number of carboxylic acid groups (broad SMARTS) is 1. The second kappa shape index (κ2) is 8.67. The van der Waals surface area contributed by atoms with Crippen molar-refractivity contribution in [2.75, 3.05) is 13.3 Å². The molecule has 0 aromatic heterocycles. The minimum absolute atomic E-state index is 0.00134. The first-order valence-corrected chi connectivity index (χ1v) is 6.02. The van der Waals surface area contributed by atoms with Crippen LogP contribution in [0.2, 0.25) is 0 Å². The van der Waals surface area contributed by atoms with Crippen LogP contribution >= 0.6 is 0 Å². The van der Waals surface area contributed by atoms with Gasteiger partial charge in [-0.15, -0.1) is 0 Å². The molecule has 7 nitrogen and oxygen atoms in total. The summed E-state index contributed by atoms with van der Waals surface area (Å²) in [5, 5.41) is 17.3. The number of hydrogen-bond donors (Lipinski definition) is 4. The molecule has 1 rings (SSSR count). The predicted molar refractivity (Wildman–Crippen MR) is 74.0 cm³/mol. The van der Waals surface area contributed by atoms with Crippen LogP contribution in [0.25, 0.3) is 0 Å². The molecule has 0 saturated heterocycles. The van der Waals surface area contributed by atoms with E-state index < -0.39 is 11.7 Å². The highest BCUT2D eigenvalue weighted by Crippen LogP contribution is 2.03.